The van der Waals surface area contributed by atoms with Gasteiger partial charge in [-0.2, -0.15) is 0 Å². The van der Waals surface area contributed by atoms with Crippen LogP contribution in [0.15, 0.2) is 48.5 Å². The lowest BCUT2D eigenvalue weighted by Gasteiger charge is -2.32. The number of methoxy groups -OCH3 is 2. The number of nitrogens with one attached hydrogen (secondary N) is 4. The molecule has 0 spiro atoms. The van der Waals surface area contributed by atoms with Gasteiger partial charge in [-0.25, -0.2) is 23.9 Å². The molecule has 1 aliphatic carbocycles. The van der Waals surface area contributed by atoms with Crippen LogP contribution in [0.5, 0.6) is 0 Å². The van der Waals surface area contributed by atoms with Crippen molar-refractivity contribution in [1.29, 1.82) is 0 Å². The fraction of sp³-hybridized carbons (Fsp3) is 0.467. The Labute approximate surface area is 358 Å². The highest BCUT2D eigenvalue weighted by Crippen LogP contribution is 2.58. The highest BCUT2D eigenvalue weighted by atomic mass is 35.5. The average Bonchev–Trinajstić information content (AvgIpc) is 3.79. The first-order chi connectivity index (χ1) is 29.1. The maximum Gasteiger partial charge on any atom is 0.407 e. The molecule has 16 heteroatoms. The van der Waals surface area contributed by atoms with Gasteiger partial charge >= 0.3 is 12.2 Å². The lowest BCUT2D eigenvalue weighted by atomic mass is 9.99. The van der Waals surface area contributed by atoms with Crippen LogP contribution < -0.4 is 10.6 Å². The first-order valence-corrected chi connectivity index (χ1v) is 21.3. The van der Waals surface area contributed by atoms with E-state index in [0.717, 1.165) is 33.8 Å². The van der Waals surface area contributed by atoms with Gasteiger partial charge in [-0.1, -0.05) is 77.4 Å². The highest BCUT2D eigenvalue weighted by molar-refractivity contribution is 6.32. The molecule has 0 bridgehead atoms. The van der Waals surface area contributed by atoms with Crippen molar-refractivity contribution in [2.75, 3.05) is 20.8 Å². The Balaban J connectivity index is 1.04. The summed E-state index contributed by atoms with van der Waals surface area (Å²) < 4.78 is 25.7. The second kappa shape index (κ2) is 16.3. The van der Waals surface area contributed by atoms with E-state index in [0.29, 0.717) is 36.1 Å². The van der Waals surface area contributed by atoms with Gasteiger partial charge in [0.1, 0.15) is 40.4 Å². The number of fused-ring (bicyclic) bond motifs is 4. The van der Waals surface area contributed by atoms with Crippen LogP contribution in [0.3, 0.4) is 0 Å². The maximum absolute atomic E-state index is 16.1. The number of imidazole rings is 2. The minimum absolute atomic E-state index is 0.00710. The Bertz CT molecular complexity index is 2540. The van der Waals surface area contributed by atoms with Crippen molar-refractivity contribution in [3.8, 4) is 22.4 Å². The summed E-state index contributed by atoms with van der Waals surface area (Å²) in [5.41, 5.74) is 3.52. The van der Waals surface area contributed by atoms with Crippen LogP contribution >= 0.6 is 11.6 Å². The zero-order valence-electron chi connectivity index (χ0n) is 35.5. The van der Waals surface area contributed by atoms with Crippen molar-refractivity contribution >= 4 is 57.4 Å². The van der Waals surface area contributed by atoms with E-state index in [4.69, 9.17) is 31.0 Å². The van der Waals surface area contributed by atoms with E-state index >= 15 is 4.39 Å². The van der Waals surface area contributed by atoms with Gasteiger partial charge in [0.05, 0.1) is 37.3 Å². The first-order valence-electron chi connectivity index (χ1n) is 20.9. The Kier molecular flexibility index (Phi) is 11.2. The summed E-state index contributed by atoms with van der Waals surface area (Å²) in [4.78, 5) is 72.1. The fourth-order valence-electron chi connectivity index (χ4n) is 9.50. The summed E-state index contributed by atoms with van der Waals surface area (Å²) in [7, 11) is 2.54. The van der Waals surface area contributed by atoms with Crippen molar-refractivity contribution in [3.63, 3.8) is 0 Å². The van der Waals surface area contributed by atoms with E-state index in [-0.39, 0.29) is 64.0 Å². The fourth-order valence-corrected chi connectivity index (χ4v) is 9.74. The van der Waals surface area contributed by atoms with Crippen molar-refractivity contribution in [3.05, 3.63) is 71.2 Å². The van der Waals surface area contributed by atoms with Gasteiger partial charge in [-0.3, -0.25) is 9.59 Å². The molecular formula is C45H52ClFN8O6. The number of carbonyl (C=O) groups excluding carboxylic acids is 4. The molecule has 3 aromatic carbocycles. The third kappa shape index (κ3) is 7.65. The number of aromatic nitrogens is 4. The van der Waals surface area contributed by atoms with Crippen LogP contribution in [0.4, 0.5) is 14.0 Å². The standard InChI is InChI=1S/C45H52ClFN8O6/c1-20(2)34(51-44(58)60-7)42(56)54-19-22(5)15-32(54)40-48-31-14-11-26-16-24(9-12-27(26)36(31)49-40)25-10-13-28(30(47)17-25)37-39(46)53-41(50-37)33-18-29-23(6)38(29)55(33)43(57)35(21(3)4)52-45(59)61-8/h9-14,16-17,20-23,29,32-35,38H,15,18-19H2,1-8H3,(H,48,49)(H,50,53)(H,51,58)(H,52,59)/t22-,23?,29?,32-,33-,34-,35?,38?/m0/s1. The smallest absolute Gasteiger partial charge is 0.407 e. The monoisotopic (exact) mass is 854 g/mol. The van der Waals surface area contributed by atoms with Crippen LogP contribution in [0.2, 0.25) is 5.15 Å². The van der Waals surface area contributed by atoms with Gasteiger partial charge in [0, 0.05) is 23.5 Å². The lowest BCUT2D eigenvalue weighted by molar-refractivity contribution is -0.137. The zero-order chi connectivity index (χ0) is 43.6. The SMILES string of the molecule is COC(=O)NC(C(=O)N1C2C(C)C2C[C@H]1c1nc(-c2ccc(-c3ccc4c(ccc5[nH]c([C@@H]6C[C@H](C)CN6C(=O)[C@@H](NC(=O)OC)C(C)C)nc54)c3)cc2F)c(Cl)[nH]1)C(C)C. The van der Waals surface area contributed by atoms with Gasteiger partial charge in [-0.15, -0.1) is 0 Å². The molecule has 2 aliphatic heterocycles. The van der Waals surface area contributed by atoms with Crippen LogP contribution in [-0.4, -0.2) is 92.6 Å². The van der Waals surface area contributed by atoms with Crippen LogP contribution in [0, 0.1) is 35.4 Å². The van der Waals surface area contributed by atoms with Gasteiger partial charge in [0.15, 0.2) is 0 Å². The molecule has 5 aromatic rings. The number of halogens is 2. The molecule has 61 heavy (non-hydrogen) atoms. The molecule has 14 nitrogen and oxygen atoms in total. The minimum Gasteiger partial charge on any atom is -0.453 e. The number of likely N-dealkylation sites (tertiary alicyclic amines) is 2. The van der Waals surface area contributed by atoms with E-state index < -0.39 is 36.1 Å². The van der Waals surface area contributed by atoms with E-state index in [1.54, 1.807) is 11.0 Å². The molecule has 1 saturated carbocycles. The number of aromatic amines is 2. The number of carbonyl (C=O) groups is 4. The quantitative estimate of drug-likeness (QED) is 0.109. The molecule has 2 saturated heterocycles. The van der Waals surface area contributed by atoms with Crippen molar-refractivity contribution in [2.45, 2.75) is 84.6 Å². The molecule has 3 aliphatic rings. The number of hydrogen-bond acceptors (Lipinski definition) is 8. The molecule has 4 unspecified atom stereocenters. The summed E-state index contributed by atoms with van der Waals surface area (Å²) in [5, 5.41) is 7.38. The normalized spacial score (nSPS) is 23.1. The molecule has 0 radical (unpaired) electrons. The van der Waals surface area contributed by atoms with Crippen molar-refractivity contribution < 1.29 is 33.0 Å². The predicted octanol–water partition coefficient (Wildman–Crippen LogP) is 8.14. The number of amides is 4. The van der Waals surface area contributed by atoms with Gasteiger partial charge in [0.25, 0.3) is 0 Å². The highest BCUT2D eigenvalue weighted by Gasteiger charge is 2.61. The van der Waals surface area contributed by atoms with Gasteiger partial charge in [-0.05, 0) is 83.2 Å². The number of rotatable bonds is 10. The third-order valence-corrected chi connectivity index (χ3v) is 13.1. The zero-order valence-corrected chi connectivity index (χ0v) is 36.3. The molecule has 8 atom stereocenters. The van der Waals surface area contributed by atoms with Crippen molar-refractivity contribution in [1.82, 2.24) is 40.4 Å². The molecule has 4 heterocycles. The van der Waals surface area contributed by atoms with E-state index in [2.05, 4.69) is 34.4 Å². The number of alkyl carbamates (subject to hydrolysis) is 2. The van der Waals surface area contributed by atoms with E-state index in [9.17, 15) is 19.2 Å². The Morgan fingerprint density at radius 1 is 0.820 bits per heavy atom. The van der Waals surface area contributed by atoms with Crippen LogP contribution in [0.25, 0.3) is 44.2 Å². The number of H-pyrrole nitrogens is 2. The average molecular weight is 855 g/mol. The van der Waals surface area contributed by atoms with Crippen LogP contribution in [-0.2, 0) is 19.1 Å². The molecule has 3 fully saturated rings. The number of hydrogen-bond donors (Lipinski definition) is 4. The summed E-state index contributed by atoms with van der Waals surface area (Å²) in [6, 6.07) is 12.6. The number of nitrogens with zero attached hydrogens (tertiary/aromatic N) is 4. The van der Waals surface area contributed by atoms with Crippen molar-refractivity contribution in [2.24, 2.45) is 29.6 Å². The Hall–Kier alpha value is -5.70. The number of piperidine rings is 1. The molecule has 4 amide bonds. The van der Waals surface area contributed by atoms with Gasteiger partial charge in [0.2, 0.25) is 11.8 Å². The van der Waals surface area contributed by atoms with E-state index in [1.807, 2.05) is 69.0 Å². The van der Waals surface area contributed by atoms with Gasteiger partial charge < -0.3 is 39.9 Å². The molecule has 2 aromatic heterocycles. The van der Waals surface area contributed by atoms with Crippen LogP contribution in [0.1, 0.15) is 78.1 Å². The number of ether oxygens (including phenoxy) is 2. The second-order valence-electron chi connectivity index (χ2n) is 17.6. The second-order valence-corrected chi connectivity index (χ2v) is 17.9. The largest absolute Gasteiger partial charge is 0.453 e. The number of benzene rings is 3. The first kappa shape index (κ1) is 42.0. The summed E-state index contributed by atoms with van der Waals surface area (Å²) >= 11 is 6.72. The molecular weight excluding hydrogens is 803 g/mol. The molecule has 4 N–H and O–H groups in total. The summed E-state index contributed by atoms with van der Waals surface area (Å²) in [6.07, 6.45) is 0.0630. The Morgan fingerprint density at radius 3 is 2.11 bits per heavy atom. The predicted molar refractivity (Wildman–Crippen MR) is 229 cm³/mol. The molecule has 322 valence electrons. The topological polar surface area (TPSA) is 175 Å². The van der Waals surface area contributed by atoms with E-state index in [1.165, 1.54) is 20.3 Å². The summed E-state index contributed by atoms with van der Waals surface area (Å²) in [6.45, 7) is 12.3. The Morgan fingerprint density at radius 2 is 1.46 bits per heavy atom. The minimum atomic E-state index is -0.791. The lowest BCUT2D eigenvalue weighted by Crippen LogP contribution is -2.52. The maximum atomic E-state index is 16.1. The third-order valence-electron chi connectivity index (χ3n) is 12.8. The molecule has 8 rings (SSSR count). The summed E-state index contributed by atoms with van der Waals surface area (Å²) in [5.74, 6) is 0.729.